The first-order valence-corrected chi connectivity index (χ1v) is 11.9. The Morgan fingerprint density at radius 3 is 2.21 bits per heavy atom. The summed E-state index contributed by atoms with van der Waals surface area (Å²) in [5.41, 5.74) is 2.01. The zero-order valence-electron chi connectivity index (χ0n) is 20.3. The van der Waals surface area contributed by atoms with E-state index in [1.807, 2.05) is 45.0 Å². The summed E-state index contributed by atoms with van der Waals surface area (Å²) in [4.78, 5) is 38.6. The van der Waals surface area contributed by atoms with E-state index in [0.717, 1.165) is 24.0 Å². The number of imide groups is 1. The topological polar surface area (TPSA) is 95.9 Å². The number of benzene rings is 2. The molecule has 0 unspecified atom stereocenters. The second kappa shape index (κ2) is 10.7. The second-order valence-electron chi connectivity index (χ2n) is 8.92. The number of carboxylic acids is 1. The Morgan fingerprint density at radius 1 is 1.06 bits per heavy atom. The summed E-state index contributed by atoms with van der Waals surface area (Å²) < 4.78 is 6.17. The molecule has 2 atom stereocenters. The number of hydrogen-bond donors (Lipinski definition) is 2. The molecule has 34 heavy (non-hydrogen) atoms. The summed E-state index contributed by atoms with van der Waals surface area (Å²) in [5.74, 6) is -0.659. The standard InChI is InChI=1S/C27H34N2O5/c1-5-8-22(20-13-9-18(4)10-14-20)28-26(33)29-24(32)27(6-2,7-3)25(29)34-21-15-11-19(12-16-21)17-23(30)31/h9-16,22,25H,5-8,17H2,1-4H3,(H,28,33)(H,30,31)/t22-,25-/m1/s1. The molecule has 7 nitrogen and oxygen atoms in total. The number of β-lactam (4-membered cyclic amide) rings is 1. The Balaban J connectivity index is 1.81. The summed E-state index contributed by atoms with van der Waals surface area (Å²) in [6.07, 6.45) is 1.90. The van der Waals surface area contributed by atoms with Crippen molar-refractivity contribution in [1.82, 2.24) is 10.2 Å². The number of nitrogens with zero attached hydrogens (tertiary/aromatic N) is 1. The first kappa shape index (κ1) is 25.3. The lowest BCUT2D eigenvalue weighted by molar-refractivity contribution is -0.191. The van der Waals surface area contributed by atoms with Gasteiger partial charge in [-0.3, -0.25) is 9.59 Å². The van der Waals surface area contributed by atoms with Gasteiger partial charge >= 0.3 is 12.0 Å². The van der Waals surface area contributed by atoms with Crippen molar-refractivity contribution in [3.63, 3.8) is 0 Å². The predicted octanol–water partition coefficient (Wildman–Crippen LogP) is 5.23. The van der Waals surface area contributed by atoms with Crippen LogP contribution in [0.3, 0.4) is 0 Å². The van der Waals surface area contributed by atoms with Crippen LogP contribution in [0, 0.1) is 12.3 Å². The molecular weight excluding hydrogens is 432 g/mol. The van der Waals surface area contributed by atoms with Gasteiger partial charge in [0.25, 0.3) is 0 Å². The first-order chi connectivity index (χ1) is 16.2. The molecule has 2 aromatic rings. The molecule has 182 valence electrons. The Hall–Kier alpha value is -3.35. The quantitative estimate of drug-likeness (QED) is 0.468. The lowest BCUT2D eigenvalue weighted by Crippen LogP contribution is -2.73. The Labute approximate surface area is 201 Å². The monoisotopic (exact) mass is 466 g/mol. The smallest absolute Gasteiger partial charge is 0.327 e. The number of carbonyl (C=O) groups excluding carboxylic acids is 2. The summed E-state index contributed by atoms with van der Waals surface area (Å²) in [5, 5.41) is 12.0. The van der Waals surface area contributed by atoms with Gasteiger partial charge in [0.15, 0.2) is 6.23 Å². The third kappa shape index (κ3) is 5.08. The molecule has 1 heterocycles. The molecule has 3 amide bonds. The molecule has 0 radical (unpaired) electrons. The van der Waals surface area contributed by atoms with Gasteiger partial charge in [-0.1, -0.05) is 69.2 Å². The molecule has 1 saturated heterocycles. The van der Waals surface area contributed by atoms with Gasteiger partial charge in [0.2, 0.25) is 5.91 Å². The van der Waals surface area contributed by atoms with E-state index >= 15 is 0 Å². The zero-order valence-corrected chi connectivity index (χ0v) is 20.3. The van der Waals surface area contributed by atoms with E-state index in [4.69, 9.17) is 9.84 Å². The summed E-state index contributed by atoms with van der Waals surface area (Å²) >= 11 is 0. The number of nitrogens with one attached hydrogen (secondary N) is 1. The van der Waals surface area contributed by atoms with Gasteiger partial charge in [-0.25, -0.2) is 9.69 Å². The molecule has 1 aliphatic rings. The third-order valence-corrected chi connectivity index (χ3v) is 6.71. The molecule has 0 aromatic heterocycles. The van der Waals surface area contributed by atoms with Gasteiger partial charge in [0.05, 0.1) is 12.5 Å². The Kier molecular flexibility index (Phi) is 7.97. The number of hydrogen-bond acceptors (Lipinski definition) is 4. The maximum absolute atomic E-state index is 13.3. The van der Waals surface area contributed by atoms with E-state index in [2.05, 4.69) is 12.2 Å². The van der Waals surface area contributed by atoms with Crippen LogP contribution in [-0.2, 0) is 16.0 Å². The number of rotatable bonds is 10. The van der Waals surface area contributed by atoms with Crippen molar-refractivity contribution in [3.8, 4) is 5.75 Å². The van der Waals surface area contributed by atoms with E-state index < -0.39 is 23.6 Å². The van der Waals surface area contributed by atoms with Crippen LogP contribution in [0.5, 0.6) is 5.75 Å². The van der Waals surface area contributed by atoms with Gasteiger partial charge in [-0.15, -0.1) is 0 Å². The van der Waals surface area contributed by atoms with Crippen LogP contribution < -0.4 is 10.1 Å². The highest BCUT2D eigenvalue weighted by molar-refractivity contribution is 6.03. The normalized spacial score (nSPS) is 17.6. The second-order valence-corrected chi connectivity index (χ2v) is 8.92. The van der Waals surface area contributed by atoms with Crippen molar-refractivity contribution in [2.75, 3.05) is 0 Å². The van der Waals surface area contributed by atoms with E-state index in [0.29, 0.717) is 24.2 Å². The number of aryl methyl sites for hydroxylation is 1. The highest BCUT2D eigenvalue weighted by Crippen LogP contribution is 2.46. The van der Waals surface area contributed by atoms with Gasteiger partial charge in [0.1, 0.15) is 11.2 Å². The van der Waals surface area contributed by atoms with E-state index in [-0.39, 0.29) is 18.4 Å². The highest BCUT2D eigenvalue weighted by atomic mass is 16.5. The highest BCUT2D eigenvalue weighted by Gasteiger charge is 2.63. The molecule has 0 spiro atoms. The first-order valence-electron chi connectivity index (χ1n) is 11.9. The SMILES string of the molecule is CCC[C@@H](NC(=O)N1C(=O)C(CC)(CC)[C@H]1Oc1ccc(CC(=O)O)cc1)c1ccc(C)cc1. The zero-order chi connectivity index (χ0) is 24.9. The van der Waals surface area contributed by atoms with Crippen LogP contribution in [0.2, 0.25) is 0 Å². The number of carboxylic acid groups (broad SMARTS) is 1. The van der Waals surface area contributed by atoms with Gasteiger partial charge in [0, 0.05) is 0 Å². The van der Waals surface area contributed by atoms with Crippen molar-refractivity contribution < 1.29 is 24.2 Å². The minimum atomic E-state index is -0.910. The Morgan fingerprint density at radius 2 is 1.68 bits per heavy atom. The minimum absolute atomic E-state index is 0.0809. The van der Waals surface area contributed by atoms with E-state index in [1.165, 1.54) is 4.90 Å². The fourth-order valence-corrected chi connectivity index (χ4v) is 4.52. The third-order valence-electron chi connectivity index (χ3n) is 6.71. The lowest BCUT2D eigenvalue weighted by atomic mass is 9.72. The van der Waals surface area contributed by atoms with Gasteiger partial charge in [-0.2, -0.15) is 0 Å². The Bertz CT molecular complexity index is 1010. The van der Waals surface area contributed by atoms with Crippen LogP contribution in [0.15, 0.2) is 48.5 Å². The number of amides is 3. The molecule has 7 heteroatoms. The van der Waals surface area contributed by atoms with Crippen molar-refractivity contribution >= 4 is 17.9 Å². The maximum atomic E-state index is 13.3. The number of likely N-dealkylation sites (tertiary alicyclic amines) is 1. The van der Waals surface area contributed by atoms with Crippen LogP contribution in [-0.4, -0.2) is 34.1 Å². The molecule has 2 N–H and O–H groups in total. The fourth-order valence-electron chi connectivity index (χ4n) is 4.52. The molecule has 0 aliphatic carbocycles. The summed E-state index contributed by atoms with van der Waals surface area (Å²) in [6.45, 7) is 7.92. The van der Waals surface area contributed by atoms with Gasteiger partial charge < -0.3 is 15.2 Å². The van der Waals surface area contributed by atoms with Crippen molar-refractivity contribution in [3.05, 3.63) is 65.2 Å². The lowest BCUT2D eigenvalue weighted by Gasteiger charge is -2.53. The predicted molar refractivity (Wildman–Crippen MR) is 129 cm³/mol. The maximum Gasteiger partial charge on any atom is 0.327 e. The number of aliphatic carboxylic acids is 1. The van der Waals surface area contributed by atoms with Crippen molar-refractivity contribution in [2.24, 2.45) is 5.41 Å². The molecule has 1 fully saturated rings. The number of carbonyl (C=O) groups is 3. The van der Waals surface area contributed by atoms with Crippen LogP contribution in [0.1, 0.15) is 69.2 Å². The van der Waals surface area contributed by atoms with E-state index in [1.54, 1.807) is 24.3 Å². The largest absolute Gasteiger partial charge is 0.481 e. The summed E-state index contributed by atoms with van der Waals surface area (Å²) in [7, 11) is 0. The van der Waals surface area contributed by atoms with Crippen LogP contribution in [0.25, 0.3) is 0 Å². The minimum Gasteiger partial charge on any atom is -0.481 e. The van der Waals surface area contributed by atoms with E-state index in [9.17, 15) is 14.4 Å². The van der Waals surface area contributed by atoms with Gasteiger partial charge in [-0.05, 0) is 49.4 Å². The average molecular weight is 467 g/mol. The summed E-state index contributed by atoms with van der Waals surface area (Å²) in [6, 6.07) is 14.1. The molecule has 0 saturated carbocycles. The van der Waals surface area contributed by atoms with Crippen LogP contribution >= 0.6 is 0 Å². The molecule has 0 bridgehead atoms. The molecule has 2 aromatic carbocycles. The fraction of sp³-hybridized carbons (Fsp3) is 0.444. The van der Waals surface area contributed by atoms with Crippen LogP contribution in [0.4, 0.5) is 4.79 Å². The average Bonchev–Trinajstić information content (AvgIpc) is 2.81. The molecular formula is C27H34N2O5. The van der Waals surface area contributed by atoms with Crippen molar-refractivity contribution in [2.45, 2.75) is 72.1 Å². The number of urea groups is 1. The number of ether oxygens (including phenoxy) is 1. The molecule has 3 rings (SSSR count). The van der Waals surface area contributed by atoms with Crippen molar-refractivity contribution in [1.29, 1.82) is 0 Å². The molecule has 1 aliphatic heterocycles.